The highest BCUT2D eigenvalue weighted by molar-refractivity contribution is 6.45. The minimum atomic E-state index is -0.293. The third-order valence-electron chi connectivity index (χ3n) is 5.26. The van der Waals surface area contributed by atoms with Gasteiger partial charge in [-0.25, -0.2) is 0 Å². The summed E-state index contributed by atoms with van der Waals surface area (Å²) in [6, 6.07) is 14.7. The van der Waals surface area contributed by atoms with Gasteiger partial charge >= 0.3 is 0 Å². The van der Waals surface area contributed by atoms with E-state index in [2.05, 4.69) is 15.5 Å². The van der Waals surface area contributed by atoms with Crippen LogP contribution in [0.3, 0.4) is 0 Å². The van der Waals surface area contributed by atoms with Crippen molar-refractivity contribution in [3.63, 3.8) is 0 Å². The van der Waals surface area contributed by atoms with Gasteiger partial charge in [0.15, 0.2) is 0 Å². The summed E-state index contributed by atoms with van der Waals surface area (Å²) < 4.78 is 16.2. The number of nitrogens with one attached hydrogen (secondary N) is 2. The Labute approximate surface area is 185 Å². The van der Waals surface area contributed by atoms with Gasteiger partial charge in [-0.1, -0.05) is 23.4 Å². The standard InChI is InChI=1S/C23H25N5O4/c1-25-19-6-4-3-5-18(19)21(24)23(29)28-12-11-17(13-28)31-16-9-7-15(8-10-16)22-26-20(14-30-2)32-27-22/h3-10,17,24-25H,11-14H2,1-2H3. The van der Waals surface area contributed by atoms with E-state index in [-0.39, 0.29) is 24.3 Å². The Bertz CT molecular complexity index is 1100. The maximum atomic E-state index is 12.8. The van der Waals surface area contributed by atoms with Crippen LogP contribution in [0.1, 0.15) is 17.9 Å². The Morgan fingerprint density at radius 2 is 2.03 bits per heavy atom. The molecule has 1 aliphatic heterocycles. The molecule has 1 atom stereocenters. The number of ether oxygens (including phenoxy) is 2. The highest BCUT2D eigenvalue weighted by Crippen LogP contribution is 2.24. The number of carbonyl (C=O) groups excluding carboxylic acids is 1. The van der Waals surface area contributed by atoms with Gasteiger partial charge in [0.1, 0.15) is 24.2 Å². The molecule has 0 aliphatic carbocycles. The van der Waals surface area contributed by atoms with Crippen LogP contribution in [-0.2, 0) is 16.1 Å². The molecule has 1 unspecified atom stereocenters. The summed E-state index contributed by atoms with van der Waals surface area (Å²) in [5.74, 6) is 1.31. The number of methoxy groups -OCH3 is 1. The molecule has 9 nitrogen and oxygen atoms in total. The number of nitrogens with zero attached hydrogens (tertiary/aromatic N) is 3. The molecule has 3 aromatic rings. The van der Waals surface area contributed by atoms with E-state index in [1.54, 1.807) is 25.1 Å². The summed E-state index contributed by atoms with van der Waals surface area (Å²) in [6.45, 7) is 1.26. The number of anilines is 1. The van der Waals surface area contributed by atoms with Crippen LogP contribution in [0.2, 0.25) is 0 Å². The smallest absolute Gasteiger partial charge is 0.272 e. The molecule has 4 rings (SSSR count). The molecule has 2 aromatic carbocycles. The number of hydrogen-bond acceptors (Lipinski definition) is 8. The van der Waals surface area contributed by atoms with E-state index < -0.39 is 0 Å². The summed E-state index contributed by atoms with van der Waals surface area (Å²) in [5, 5.41) is 15.3. The highest BCUT2D eigenvalue weighted by Gasteiger charge is 2.30. The first-order valence-corrected chi connectivity index (χ1v) is 10.3. The van der Waals surface area contributed by atoms with E-state index in [1.807, 2.05) is 42.5 Å². The second-order valence-corrected chi connectivity index (χ2v) is 7.42. The quantitative estimate of drug-likeness (QED) is 0.523. The van der Waals surface area contributed by atoms with Crippen molar-refractivity contribution >= 4 is 17.3 Å². The first-order chi connectivity index (χ1) is 15.6. The number of benzene rings is 2. The summed E-state index contributed by atoms with van der Waals surface area (Å²) in [5.41, 5.74) is 2.14. The fourth-order valence-electron chi connectivity index (χ4n) is 3.63. The zero-order valence-corrected chi connectivity index (χ0v) is 18.0. The van der Waals surface area contributed by atoms with E-state index in [4.69, 9.17) is 19.4 Å². The molecule has 0 radical (unpaired) electrons. The van der Waals surface area contributed by atoms with Crippen LogP contribution < -0.4 is 10.1 Å². The molecule has 2 N–H and O–H groups in total. The molecule has 1 aliphatic rings. The summed E-state index contributed by atoms with van der Waals surface area (Å²) in [6.07, 6.45) is 0.579. The van der Waals surface area contributed by atoms with Crippen molar-refractivity contribution in [2.45, 2.75) is 19.1 Å². The Morgan fingerprint density at radius 3 is 2.78 bits per heavy atom. The van der Waals surface area contributed by atoms with Crippen molar-refractivity contribution < 1.29 is 18.8 Å². The number of para-hydroxylation sites is 1. The Balaban J connectivity index is 1.35. The third-order valence-corrected chi connectivity index (χ3v) is 5.26. The molecule has 166 valence electrons. The molecular formula is C23H25N5O4. The highest BCUT2D eigenvalue weighted by atomic mass is 16.5. The predicted octanol–water partition coefficient (Wildman–Crippen LogP) is 2.97. The monoisotopic (exact) mass is 435 g/mol. The predicted molar refractivity (Wildman–Crippen MR) is 119 cm³/mol. The van der Waals surface area contributed by atoms with E-state index in [0.717, 1.165) is 11.3 Å². The second-order valence-electron chi connectivity index (χ2n) is 7.42. The summed E-state index contributed by atoms with van der Waals surface area (Å²) in [4.78, 5) is 18.8. The maximum Gasteiger partial charge on any atom is 0.272 e. The molecule has 1 aromatic heterocycles. The number of carbonyl (C=O) groups is 1. The molecule has 0 saturated carbocycles. The lowest BCUT2D eigenvalue weighted by atomic mass is 10.1. The van der Waals surface area contributed by atoms with Crippen molar-refractivity contribution in [1.82, 2.24) is 15.0 Å². The number of amides is 1. The summed E-state index contributed by atoms with van der Waals surface area (Å²) >= 11 is 0. The Kier molecular flexibility index (Phi) is 6.46. The number of hydrogen-bond donors (Lipinski definition) is 2. The van der Waals surface area contributed by atoms with Gasteiger partial charge in [-0.05, 0) is 30.3 Å². The van der Waals surface area contributed by atoms with E-state index in [1.165, 1.54) is 0 Å². The molecule has 32 heavy (non-hydrogen) atoms. The molecule has 0 bridgehead atoms. The van der Waals surface area contributed by atoms with Gasteiger partial charge in [-0.3, -0.25) is 10.2 Å². The fraction of sp³-hybridized carbons (Fsp3) is 0.304. The van der Waals surface area contributed by atoms with Crippen molar-refractivity contribution in [2.75, 3.05) is 32.6 Å². The molecule has 9 heteroatoms. The van der Waals surface area contributed by atoms with Crippen LogP contribution in [0.25, 0.3) is 11.4 Å². The van der Waals surface area contributed by atoms with Gasteiger partial charge in [-0.2, -0.15) is 4.98 Å². The molecule has 2 heterocycles. The molecule has 0 spiro atoms. The second kappa shape index (κ2) is 9.61. The number of aromatic nitrogens is 2. The average Bonchev–Trinajstić information content (AvgIpc) is 3.49. The van der Waals surface area contributed by atoms with E-state index in [0.29, 0.717) is 42.5 Å². The average molecular weight is 435 g/mol. The zero-order valence-electron chi connectivity index (χ0n) is 18.0. The van der Waals surface area contributed by atoms with Gasteiger partial charge in [0.2, 0.25) is 5.82 Å². The van der Waals surface area contributed by atoms with Crippen molar-refractivity contribution in [3.05, 3.63) is 60.0 Å². The SMILES string of the molecule is CNc1ccccc1C(=N)C(=O)N1CCC(Oc2ccc(-c3noc(COC)n3)cc2)C1. The molecular weight excluding hydrogens is 410 g/mol. The van der Waals surface area contributed by atoms with Crippen LogP contribution in [-0.4, -0.2) is 60.0 Å². The normalized spacial score (nSPS) is 15.6. The van der Waals surface area contributed by atoms with E-state index >= 15 is 0 Å². The van der Waals surface area contributed by atoms with Crippen molar-refractivity contribution in [1.29, 1.82) is 5.41 Å². The van der Waals surface area contributed by atoms with Crippen LogP contribution in [0.4, 0.5) is 5.69 Å². The van der Waals surface area contributed by atoms with Crippen LogP contribution in [0.5, 0.6) is 5.75 Å². The van der Waals surface area contributed by atoms with Crippen LogP contribution in [0.15, 0.2) is 53.1 Å². The van der Waals surface area contributed by atoms with Crippen LogP contribution >= 0.6 is 0 Å². The third kappa shape index (κ3) is 4.62. The minimum Gasteiger partial charge on any atom is -0.489 e. The molecule has 1 fully saturated rings. The molecule has 1 saturated heterocycles. The van der Waals surface area contributed by atoms with Gasteiger partial charge in [0, 0.05) is 43.9 Å². The fourth-order valence-corrected chi connectivity index (χ4v) is 3.63. The van der Waals surface area contributed by atoms with Gasteiger partial charge in [-0.15, -0.1) is 0 Å². The Hall–Kier alpha value is -3.72. The van der Waals surface area contributed by atoms with Gasteiger partial charge in [0.05, 0.1) is 6.54 Å². The zero-order chi connectivity index (χ0) is 22.5. The Morgan fingerprint density at radius 1 is 1.25 bits per heavy atom. The maximum absolute atomic E-state index is 12.8. The number of rotatable bonds is 8. The van der Waals surface area contributed by atoms with E-state index in [9.17, 15) is 4.79 Å². The van der Waals surface area contributed by atoms with Crippen molar-refractivity contribution in [3.8, 4) is 17.1 Å². The largest absolute Gasteiger partial charge is 0.489 e. The first-order valence-electron chi connectivity index (χ1n) is 10.3. The number of likely N-dealkylation sites (tertiary alicyclic amines) is 1. The topological polar surface area (TPSA) is 114 Å². The van der Waals surface area contributed by atoms with Crippen molar-refractivity contribution in [2.24, 2.45) is 0 Å². The minimum absolute atomic E-state index is 0.0205. The lowest BCUT2D eigenvalue weighted by Gasteiger charge is -2.19. The lowest BCUT2D eigenvalue weighted by Crippen LogP contribution is -2.36. The van der Waals surface area contributed by atoms with Gasteiger partial charge < -0.3 is 24.2 Å². The molecule has 1 amide bonds. The summed E-state index contributed by atoms with van der Waals surface area (Å²) in [7, 11) is 3.34. The first kappa shape index (κ1) is 21.5. The van der Waals surface area contributed by atoms with Gasteiger partial charge in [0.25, 0.3) is 11.8 Å². The lowest BCUT2D eigenvalue weighted by molar-refractivity contribution is -0.123. The van der Waals surface area contributed by atoms with Crippen LogP contribution in [0, 0.1) is 5.41 Å².